The zero-order valence-corrected chi connectivity index (χ0v) is 18.9. The maximum atomic E-state index is 13.2. The molecule has 2 aliphatic heterocycles. The van der Waals surface area contributed by atoms with Gasteiger partial charge >= 0.3 is 12.0 Å². The lowest BCUT2D eigenvalue weighted by molar-refractivity contribution is -0.137. The van der Waals surface area contributed by atoms with E-state index in [0.717, 1.165) is 76.8 Å². The van der Waals surface area contributed by atoms with Crippen LogP contribution in [0.2, 0.25) is 0 Å². The van der Waals surface area contributed by atoms with Gasteiger partial charge in [-0.15, -0.1) is 0 Å². The summed E-state index contributed by atoms with van der Waals surface area (Å²) in [5.41, 5.74) is 3.89. The number of amides is 2. The number of carbonyl (C=O) groups excluding carboxylic acids is 1. The number of fused-ring (bicyclic) bond motifs is 1. The van der Waals surface area contributed by atoms with Crippen LogP contribution in [0.5, 0.6) is 0 Å². The van der Waals surface area contributed by atoms with Crippen LogP contribution in [0.3, 0.4) is 0 Å². The summed E-state index contributed by atoms with van der Waals surface area (Å²) in [4.78, 5) is 30.6. The number of hydrogen-bond acceptors (Lipinski definition) is 3. The lowest BCUT2D eigenvalue weighted by Crippen LogP contribution is -2.41. The van der Waals surface area contributed by atoms with Crippen molar-refractivity contribution in [1.82, 2.24) is 9.80 Å². The molecule has 6 heteroatoms. The van der Waals surface area contributed by atoms with Crippen LogP contribution in [-0.4, -0.2) is 65.7 Å². The normalized spacial score (nSPS) is 24.9. The van der Waals surface area contributed by atoms with E-state index < -0.39 is 5.97 Å². The fourth-order valence-electron chi connectivity index (χ4n) is 5.67. The second-order valence-corrected chi connectivity index (χ2v) is 9.53. The number of aliphatic carboxylic acids is 1. The first-order chi connectivity index (χ1) is 15.0. The first kappa shape index (κ1) is 22.1. The number of benzene rings is 1. The summed E-state index contributed by atoms with van der Waals surface area (Å²) in [6.45, 7) is 7.20. The second-order valence-electron chi connectivity index (χ2n) is 9.53. The van der Waals surface area contributed by atoms with Crippen molar-refractivity contribution in [1.29, 1.82) is 0 Å². The van der Waals surface area contributed by atoms with Crippen molar-refractivity contribution in [2.45, 2.75) is 70.8 Å². The van der Waals surface area contributed by atoms with Crippen LogP contribution in [0, 0.1) is 5.92 Å². The molecule has 0 aromatic heterocycles. The van der Waals surface area contributed by atoms with E-state index >= 15 is 0 Å². The average Bonchev–Trinajstić information content (AvgIpc) is 3.04. The van der Waals surface area contributed by atoms with Gasteiger partial charge in [0.25, 0.3) is 0 Å². The molecular weight excluding hydrogens is 390 g/mol. The van der Waals surface area contributed by atoms with Crippen LogP contribution >= 0.6 is 0 Å². The van der Waals surface area contributed by atoms with Crippen molar-refractivity contribution >= 4 is 17.7 Å². The summed E-state index contributed by atoms with van der Waals surface area (Å²) in [6, 6.07) is 7.09. The van der Waals surface area contributed by atoms with Crippen molar-refractivity contribution in [3.63, 3.8) is 0 Å². The maximum absolute atomic E-state index is 13.2. The number of hydrogen-bond donors (Lipinski definition) is 1. The van der Waals surface area contributed by atoms with Gasteiger partial charge in [-0.2, -0.15) is 0 Å². The molecule has 4 rings (SSSR count). The Labute approximate surface area is 186 Å². The number of carboxylic acids is 1. The molecule has 0 bridgehead atoms. The molecule has 1 aromatic rings. The lowest BCUT2D eigenvalue weighted by Gasteiger charge is -2.34. The molecule has 3 aliphatic rings. The molecule has 1 saturated heterocycles. The van der Waals surface area contributed by atoms with Gasteiger partial charge in [-0.1, -0.05) is 13.0 Å². The molecule has 1 aliphatic carbocycles. The van der Waals surface area contributed by atoms with Crippen LogP contribution in [0.25, 0.3) is 0 Å². The van der Waals surface area contributed by atoms with Crippen LogP contribution < -0.4 is 4.90 Å². The third kappa shape index (κ3) is 5.22. The van der Waals surface area contributed by atoms with Gasteiger partial charge in [0.15, 0.2) is 0 Å². The first-order valence-corrected chi connectivity index (χ1v) is 12.2. The van der Waals surface area contributed by atoms with Gasteiger partial charge in [0.05, 0.1) is 0 Å². The predicted octanol–water partition coefficient (Wildman–Crippen LogP) is 4.16. The molecule has 170 valence electrons. The quantitative estimate of drug-likeness (QED) is 0.710. The molecule has 0 unspecified atom stereocenters. The molecule has 0 spiro atoms. The van der Waals surface area contributed by atoms with E-state index in [1.54, 1.807) is 0 Å². The van der Waals surface area contributed by atoms with Crippen LogP contribution in [0.1, 0.15) is 63.0 Å². The Morgan fingerprint density at radius 2 is 1.77 bits per heavy atom. The highest BCUT2D eigenvalue weighted by molar-refractivity contribution is 5.94. The van der Waals surface area contributed by atoms with Crippen molar-refractivity contribution < 1.29 is 14.7 Å². The number of nitrogens with zero attached hydrogens (tertiary/aromatic N) is 3. The Morgan fingerprint density at radius 1 is 1.03 bits per heavy atom. The highest BCUT2D eigenvalue weighted by Gasteiger charge is 2.36. The smallest absolute Gasteiger partial charge is 0.324 e. The number of carboxylic acid groups (broad SMARTS) is 1. The third-order valence-electron chi connectivity index (χ3n) is 7.50. The summed E-state index contributed by atoms with van der Waals surface area (Å²) < 4.78 is 0. The molecule has 1 saturated carbocycles. The summed E-state index contributed by atoms with van der Waals surface area (Å²) in [7, 11) is 0. The Kier molecular flexibility index (Phi) is 7.16. The van der Waals surface area contributed by atoms with E-state index in [9.17, 15) is 9.59 Å². The number of urea groups is 1. The van der Waals surface area contributed by atoms with Crippen LogP contribution in [0.4, 0.5) is 10.5 Å². The number of rotatable bonds is 7. The Balaban J connectivity index is 1.35. The molecule has 1 N–H and O–H groups in total. The highest BCUT2D eigenvalue weighted by atomic mass is 16.4. The fraction of sp³-hybridized carbons (Fsp3) is 0.680. The van der Waals surface area contributed by atoms with Crippen LogP contribution in [-0.2, 0) is 17.6 Å². The minimum absolute atomic E-state index is 0.148. The lowest BCUT2D eigenvalue weighted by atomic mass is 9.83. The Bertz CT molecular complexity index is 788. The van der Waals surface area contributed by atoms with E-state index in [4.69, 9.17) is 5.11 Å². The van der Waals surface area contributed by atoms with Gasteiger partial charge in [0, 0.05) is 44.3 Å². The Morgan fingerprint density at radius 3 is 2.48 bits per heavy atom. The highest BCUT2D eigenvalue weighted by Crippen LogP contribution is 2.33. The minimum Gasteiger partial charge on any atom is -0.481 e. The summed E-state index contributed by atoms with van der Waals surface area (Å²) >= 11 is 0. The standard InChI is InChI=1S/C25H37N3O3/c1-2-13-26-14-11-20-6-9-23(18-21(20)12-15-26)28-17-16-27(25(28)31)22-7-3-19(4-8-22)5-10-24(29)30/h6,9,18-19,22H,2-5,7-8,10-17H2,1H3,(H,29,30)/t19-,22-. The molecule has 2 fully saturated rings. The molecule has 2 heterocycles. The SMILES string of the molecule is CCCN1CCc2ccc(N3CCN([C@H]4CC[C@H](CCC(=O)O)CC4)C3=O)cc2CC1. The zero-order valence-electron chi connectivity index (χ0n) is 18.9. The fourth-order valence-corrected chi connectivity index (χ4v) is 5.67. The largest absolute Gasteiger partial charge is 0.481 e. The van der Waals surface area contributed by atoms with E-state index in [-0.39, 0.29) is 12.5 Å². The second kappa shape index (κ2) is 10.0. The summed E-state index contributed by atoms with van der Waals surface area (Å²) in [5.74, 6) is -0.204. The molecule has 1 aromatic carbocycles. The van der Waals surface area contributed by atoms with Crippen molar-refractivity contribution in [3.05, 3.63) is 29.3 Å². The van der Waals surface area contributed by atoms with Crippen molar-refractivity contribution in [2.24, 2.45) is 5.92 Å². The van der Waals surface area contributed by atoms with Gasteiger partial charge in [-0.3, -0.25) is 9.69 Å². The maximum Gasteiger partial charge on any atom is 0.324 e. The third-order valence-corrected chi connectivity index (χ3v) is 7.50. The molecule has 31 heavy (non-hydrogen) atoms. The zero-order chi connectivity index (χ0) is 21.8. The predicted molar refractivity (Wildman–Crippen MR) is 123 cm³/mol. The van der Waals surface area contributed by atoms with Crippen molar-refractivity contribution in [2.75, 3.05) is 37.6 Å². The summed E-state index contributed by atoms with van der Waals surface area (Å²) in [6.07, 6.45) is 8.47. The van der Waals surface area contributed by atoms with E-state index in [2.05, 4.69) is 34.9 Å². The van der Waals surface area contributed by atoms with Gasteiger partial charge in [-0.25, -0.2) is 4.79 Å². The molecular formula is C25H37N3O3. The molecule has 0 atom stereocenters. The van der Waals surface area contributed by atoms with Gasteiger partial charge in [0.1, 0.15) is 0 Å². The molecule has 6 nitrogen and oxygen atoms in total. The van der Waals surface area contributed by atoms with E-state index in [0.29, 0.717) is 12.0 Å². The van der Waals surface area contributed by atoms with Crippen molar-refractivity contribution in [3.8, 4) is 0 Å². The van der Waals surface area contributed by atoms with Gasteiger partial charge in [-0.05, 0) is 87.1 Å². The van der Waals surface area contributed by atoms with Gasteiger partial charge < -0.3 is 14.9 Å². The molecule has 0 radical (unpaired) electrons. The van der Waals surface area contributed by atoms with E-state index in [1.807, 2.05) is 4.90 Å². The first-order valence-electron chi connectivity index (χ1n) is 12.2. The Hall–Kier alpha value is -2.08. The van der Waals surface area contributed by atoms with Gasteiger partial charge in [0.2, 0.25) is 0 Å². The molecule has 2 amide bonds. The number of anilines is 1. The van der Waals surface area contributed by atoms with E-state index in [1.165, 1.54) is 24.1 Å². The van der Waals surface area contributed by atoms with Crippen LogP contribution in [0.15, 0.2) is 18.2 Å². The number of carbonyl (C=O) groups is 2. The topological polar surface area (TPSA) is 64.1 Å². The minimum atomic E-state index is -0.702. The average molecular weight is 428 g/mol. The monoisotopic (exact) mass is 427 g/mol. The summed E-state index contributed by atoms with van der Waals surface area (Å²) in [5, 5.41) is 8.91.